The van der Waals surface area contributed by atoms with Crippen LogP contribution in [0.5, 0.6) is 0 Å². The van der Waals surface area contributed by atoms with Crippen molar-refractivity contribution in [2.24, 2.45) is 0 Å². The van der Waals surface area contributed by atoms with E-state index in [1.54, 1.807) is 0 Å². The van der Waals surface area contributed by atoms with Crippen LogP contribution in [0.1, 0.15) is 25.0 Å². The maximum atomic E-state index is 5.29. The topological polar surface area (TPSA) is 38.7 Å². The van der Waals surface area contributed by atoms with Crippen LogP contribution >= 0.6 is 0 Å². The van der Waals surface area contributed by atoms with Crippen LogP contribution in [0.4, 0.5) is 0 Å². The highest BCUT2D eigenvalue weighted by Gasteiger charge is 2.35. The van der Waals surface area contributed by atoms with Gasteiger partial charge in [-0.05, 0) is 95.5 Å². The van der Waals surface area contributed by atoms with Gasteiger partial charge in [0.05, 0.1) is 11.4 Å². The van der Waals surface area contributed by atoms with Crippen LogP contribution in [0.2, 0.25) is 0 Å². The summed E-state index contributed by atoms with van der Waals surface area (Å²) in [6.45, 7) is 4.63. The van der Waals surface area contributed by atoms with Crippen molar-refractivity contribution in [1.29, 1.82) is 0 Å². The van der Waals surface area contributed by atoms with Gasteiger partial charge in [-0.1, -0.05) is 153 Å². The molecule has 0 spiro atoms. The zero-order valence-electron chi connectivity index (χ0n) is 30.6. The lowest BCUT2D eigenvalue weighted by atomic mass is 9.82. The fraction of sp³-hybridized carbons (Fsp3) is 0.0577. The Balaban J connectivity index is 1.04. The van der Waals surface area contributed by atoms with E-state index < -0.39 is 0 Å². The van der Waals surface area contributed by atoms with Gasteiger partial charge in [-0.15, -0.1) is 0 Å². The van der Waals surface area contributed by atoms with Crippen molar-refractivity contribution in [3.63, 3.8) is 0 Å². The summed E-state index contributed by atoms with van der Waals surface area (Å²) in [6.07, 6.45) is 3.71. The van der Waals surface area contributed by atoms with Crippen LogP contribution in [-0.2, 0) is 5.41 Å². The molecular formula is C52H35N3. The summed E-state index contributed by atoms with van der Waals surface area (Å²) in [5.74, 6) is 0.713. The molecule has 0 saturated carbocycles. The first-order valence-electron chi connectivity index (χ1n) is 18.9. The van der Waals surface area contributed by atoms with Crippen LogP contribution in [0.25, 0.3) is 99.6 Å². The molecule has 55 heavy (non-hydrogen) atoms. The zero-order chi connectivity index (χ0) is 36.7. The molecule has 0 unspecified atom stereocenters. The fourth-order valence-electron chi connectivity index (χ4n) is 8.91. The Bertz CT molecular complexity index is 3090. The van der Waals surface area contributed by atoms with Gasteiger partial charge in [0.25, 0.3) is 0 Å². The van der Waals surface area contributed by atoms with E-state index in [2.05, 4.69) is 177 Å². The lowest BCUT2D eigenvalue weighted by molar-refractivity contribution is 0.660. The molecule has 3 heteroatoms. The highest BCUT2D eigenvalue weighted by atomic mass is 14.9. The monoisotopic (exact) mass is 701 g/mol. The summed E-state index contributed by atoms with van der Waals surface area (Å²) >= 11 is 0. The molecule has 1 aliphatic rings. The number of aromatic nitrogens is 3. The Morgan fingerprint density at radius 3 is 1.85 bits per heavy atom. The van der Waals surface area contributed by atoms with Gasteiger partial charge in [-0.3, -0.25) is 4.98 Å². The molecule has 0 saturated heterocycles. The second-order valence-corrected chi connectivity index (χ2v) is 15.3. The van der Waals surface area contributed by atoms with Gasteiger partial charge in [0.1, 0.15) is 0 Å². The molecule has 1 aliphatic carbocycles. The van der Waals surface area contributed by atoms with Crippen molar-refractivity contribution < 1.29 is 0 Å². The van der Waals surface area contributed by atoms with Gasteiger partial charge in [-0.2, -0.15) is 0 Å². The van der Waals surface area contributed by atoms with Gasteiger partial charge >= 0.3 is 0 Å². The van der Waals surface area contributed by atoms with Crippen LogP contribution in [0.3, 0.4) is 0 Å². The summed E-state index contributed by atoms with van der Waals surface area (Å²) < 4.78 is 0. The standard InChI is InChI=1S/C52H35N3/c1-52(2)45-14-4-3-13-42(45)43-25-23-39(29-46(43)52)51-54-47(30-48(55-51)38-11-6-10-37(28-38)40-12-7-27-53-31-40)33-17-15-32(16-18-33)41-24-21-36-20-19-34-8-5-9-35-22-26-44(41)50(36)49(34)35/h3-31H,1-2H3. The Morgan fingerprint density at radius 1 is 0.400 bits per heavy atom. The van der Waals surface area contributed by atoms with Crippen molar-refractivity contribution in [1.82, 2.24) is 15.0 Å². The van der Waals surface area contributed by atoms with E-state index >= 15 is 0 Å². The molecule has 258 valence electrons. The molecule has 2 aromatic heterocycles. The third kappa shape index (κ3) is 5.01. The number of hydrogen-bond donors (Lipinski definition) is 0. The van der Waals surface area contributed by atoms with E-state index in [-0.39, 0.29) is 5.41 Å². The van der Waals surface area contributed by atoms with Gasteiger partial charge in [0, 0.05) is 40.1 Å². The van der Waals surface area contributed by atoms with E-state index in [0.29, 0.717) is 5.82 Å². The Morgan fingerprint density at radius 2 is 1.04 bits per heavy atom. The van der Waals surface area contributed by atoms with E-state index in [9.17, 15) is 0 Å². The number of fused-ring (bicyclic) bond motifs is 3. The molecule has 0 N–H and O–H groups in total. The normalized spacial score (nSPS) is 13.1. The molecule has 2 heterocycles. The van der Waals surface area contributed by atoms with Crippen LogP contribution < -0.4 is 0 Å². The van der Waals surface area contributed by atoms with Crippen molar-refractivity contribution >= 4 is 32.3 Å². The molecule has 0 aliphatic heterocycles. The Labute approximate surface area is 320 Å². The first-order chi connectivity index (χ1) is 27.0. The summed E-state index contributed by atoms with van der Waals surface area (Å²) in [6, 6.07) is 59.3. The summed E-state index contributed by atoms with van der Waals surface area (Å²) in [4.78, 5) is 14.9. The molecule has 3 nitrogen and oxygen atoms in total. The minimum atomic E-state index is -0.124. The second-order valence-electron chi connectivity index (χ2n) is 15.3. The summed E-state index contributed by atoms with van der Waals surface area (Å²) in [5, 5.41) is 7.77. The molecule has 11 rings (SSSR count). The summed E-state index contributed by atoms with van der Waals surface area (Å²) in [7, 11) is 0. The minimum absolute atomic E-state index is 0.124. The van der Waals surface area contributed by atoms with Crippen LogP contribution in [0.15, 0.2) is 176 Å². The smallest absolute Gasteiger partial charge is 0.160 e. The average Bonchev–Trinajstić information content (AvgIpc) is 3.48. The highest BCUT2D eigenvalue weighted by molar-refractivity contribution is 6.25. The average molecular weight is 702 g/mol. The number of rotatable bonds is 5. The first kappa shape index (κ1) is 31.5. The van der Waals surface area contributed by atoms with Crippen molar-refractivity contribution in [3.05, 3.63) is 187 Å². The predicted octanol–water partition coefficient (Wildman–Crippen LogP) is 13.4. The van der Waals surface area contributed by atoms with Crippen LogP contribution in [0, 0.1) is 0 Å². The van der Waals surface area contributed by atoms with Gasteiger partial charge in [0.2, 0.25) is 0 Å². The van der Waals surface area contributed by atoms with E-state index in [4.69, 9.17) is 9.97 Å². The molecule has 0 radical (unpaired) electrons. The quantitative estimate of drug-likeness (QED) is 0.168. The zero-order valence-corrected chi connectivity index (χ0v) is 30.6. The molecule has 0 atom stereocenters. The van der Waals surface area contributed by atoms with Crippen molar-refractivity contribution in [2.75, 3.05) is 0 Å². The SMILES string of the molecule is CC1(C)c2ccccc2-c2ccc(-c3nc(-c4ccc(-c5ccc6ccc7cccc8ccc5c6c78)cc4)cc(-c4cccc(-c5cccnc5)c4)n3)cc21. The molecular weight excluding hydrogens is 667 g/mol. The first-order valence-corrected chi connectivity index (χ1v) is 18.9. The van der Waals surface area contributed by atoms with E-state index in [1.165, 1.54) is 65.7 Å². The van der Waals surface area contributed by atoms with Crippen molar-refractivity contribution in [3.8, 4) is 67.3 Å². The maximum Gasteiger partial charge on any atom is 0.160 e. The minimum Gasteiger partial charge on any atom is -0.264 e. The number of nitrogens with zero attached hydrogens (tertiary/aromatic N) is 3. The van der Waals surface area contributed by atoms with Gasteiger partial charge in [0.15, 0.2) is 5.82 Å². The lowest BCUT2D eigenvalue weighted by Crippen LogP contribution is -2.15. The number of benzene rings is 8. The van der Waals surface area contributed by atoms with E-state index in [0.717, 1.165) is 39.2 Å². The third-order valence-corrected chi connectivity index (χ3v) is 11.7. The molecule has 0 bridgehead atoms. The summed E-state index contributed by atoms with van der Waals surface area (Å²) in [5.41, 5.74) is 14.6. The predicted molar refractivity (Wildman–Crippen MR) is 228 cm³/mol. The van der Waals surface area contributed by atoms with Crippen LogP contribution in [-0.4, -0.2) is 15.0 Å². The van der Waals surface area contributed by atoms with Gasteiger partial charge < -0.3 is 0 Å². The molecule has 10 aromatic rings. The van der Waals surface area contributed by atoms with E-state index in [1.807, 2.05) is 18.5 Å². The maximum absolute atomic E-state index is 5.29. The highest BCUT2D eigenvalue weighted by Crippen LogP contribution is 2.49. The Hall–Kier alpha value is -6.97. The third-order valence-electron chi connectivity index (χ3n) is 11.7. The number of pyridine rings is 1. The van der Waals surface area contributed by atoms with Gasteiger partial charge in [-0.25, -0.2) is 9.97 Å². The molecule has 0 fully saturated rings. The Kier molecular flexibility index (Phi) is 6.90. The van der Waals surface area contributed by atoms with Crippen molar-refractivity contribution in [2.45, 2.75) is 19.3 Å². The second kappa shape index (κ2) is 12.0. The number of hydrogen-bond acceptors (Lipinski definition) is 3. The largest absolute Gasteiger partial charge is 0.264 e. The lowest BCUT2D eigenvalue weighted by Gasteiger charge is -2.22. The molecule has 0 amide bonds. The fourth-order valence-corrected chi connectivity index (χ4v) is 8.91. The molecule has 8 aromatic carbocycles.